The molecule has 0 aliphatic carbocycles. The van der Waals surface area contributed by atoms with E-state index in [4.69, 9.17) is 4.74 Å². The zero-order valence-corrected chi connectivity index (χ0v) is 20.7. The lowest BCUT2D eigenvalue weighted by Crippen LogP contribution is -2.56. The van der Waals surface area contributed by atoms with Crippen molar-refractivity contribution in [2.45, 2.75) is 78.6 Å². The van der Waals surface area contributed by atoms with Gasteiger partial charge in [-0.1, -0.05) is 38.5 Å². The third-order valence-electron chi connectivity index (χ3n) is 5.00. The highest BCUT2D eigenvalue weighted by Gasteiger charge is 2.38. The molecule has 0 saturated carbocycles. The number of phenols is 1. The molecule has 3 unspecified atom stereocenters. The Bertz CT molecular complexity index is 806. The Morgan fingerprint density at radius 2 is 1.70 bits per heavy atom. The highest BCUT2D eigenvalue weighted by atomic mass is 16.6. The van der Waals surface area contributed by atoms with Crippen LogP contribution in [0.5, 0.6) is 5.75 Å². The molecule has 9 nitrogen and oxygen atoms in total. The molecule has 0 spiro atoms. The Labute approximate surface area is 196 Å². The summed E-state index contributed by atoms with van der Waals surface area (Å²) in [4.78, 5) is 40.6. The van der Waals surface area contributed by atoms with E-state index in [1.165, 1.54) is 11.0 Å². The third-order valence-corrected chi connectivity index (χ3v) is 5.00. The van der Waals surface area contributed by atoms with Gasteiger partial charge in [0.25, 0.3) is 0 Å². The zero-order valence-electron chi connectivity index (χ0n) is 20.7. The Kier molecular flexibility index (Phi) is 10.6. The molecule has 3 atom stereocenters. The molecule has 0 heterocycles. The van der Waals surface area contributed by atoms with Crippen molar-refractivity contribution < 1.29 is 29.3 Å². The first-order chi connectivity index (χ1) is 15.3. The minimum Gasteiger partial charge on any atom is -0.508 e. The molecule has 0 saturated heterocycles. The number of aromatic hydroxyl groups is 1. The van der Waals surface area contributed by atoms with Crippen molar-refractivity contribution in [1.29, 1.82) is 0 Å². The van der Waals surface area contributed by atoms with Crippen LogP contribution in [-0.2, 0) is 14.3 Å². The van der Waals surface area contributed by atoms with E-state index in [9.17, 15) is 24.6 Å². The molecule has 186 valence electrons. The van der Waals surface area contributed by atoms with Crippen molar-refractivity contribution in [1.82, 2.24) is 15.5 Å². The van der Waals surface area contributed by atoms with Gasteiger partial charge in [0.1, 0.15) is 23.4 Å². The third kappa shape index (κ3) is 8.57. The second-order valence-corrected chi connectivity index (χ2v) is 9.39. The van der Waals surface area contributed by atoms with Crippen LogP contribution in [0.3, 0.4) is 0 Å². The number of carbonyl (C=O) groups is 3. The summed E-state index contributed by atoms with van der Waals surface area (Å²) in [6, 6.07) is 3.81. The van der Waals surface area contributed by atoms with E-state index in [2.05, 4.69) is 10.6 Å². The number of para-hydroxylation sites is 1. The van der Waals surface area contributed by atoms with Crippen LogP contribution in [0.2, 0.25) is 0 Å². The second-order valence-electron chi connectivity index (χ2n) is 9.39. The van der Waals surface area contributed by atoms with Gasteiger partial charge in [0.15, 0.2) is 0 Å². The van der Waals surface area contributed by atoms with Crippen molar-refractivity contribution in [2.75, 3.05) is 13.2 Å². The Balaban J connectivity index is 3.46. The quantitative estimate of drug-likeness (QED) is 0.421. The summed E-state index contributed by atoms with van der Waals surface area (Å²) < 4.78 is 5.33. The average Bonchev–Trinajstić information content (AvgIpc) is 2.70. The topological polar surface area (TPSA) is 128 Å². The summed E-state index contributed by atoms with van der Waals surface area (Å²) in [5.74, 6) is -1.51. The standard InChI is InChI=1S/C24H39N3O6/c1-8-16(4)19(26-23(32)33-24(5,6)7)22(31)27(13-14-28)20(21(30)25-15(2)3)17-11-9-10-12-18(17)29/h9-12,15-16,19-20,28-29H,8,13-14H2,1-7H3,(H,25,30)(H,26,32). The summed E-state index contributed by atoms with van der Waals surface area (Å²) in [6.07, 6.45) is -0.186. The van der Waals surface area contributed by atoms with Crippen molar-refractivity contribution in [3.63, 3.8) is 0 Å². The molecule has 0 fully saturated rings. The number of benzene rings is 1. The molecular weight excluding hydrogens is 426 g/mol. The van der Waals surface area contributed by atoms with Gasteiger partial charge in [-0.05, 0) is 46.6 Å². The van der Waals surface area contributed by atoms with Crippen molar-refractivity contribution in [3.8, 4) is 5.75 Å². The van der Waals surface area contributed by atoms with Crippen molar-refractivity contribution >= 4 is 17.9 Å². The molecule has 0 aromatic heterocycles. The summed E-state index contributed by atoms with van der Waals surface area (Å²) in [5.41, 5.74) is -0.536. The number of ether oxygens (including phenoxy) is 1. The minimum absolute atomic E-state index is 0.155. The number of hydrogen-bond acceptors (Lipinski definition) is 6. The lowest BCUT2D eigenvalue weighted by Gasteiger charge is -2.36. The Morgan fingerprint density at radius 3 is 2.18 bits per heavy atom. The fourth-order valence-electron chi connectivity index (χ4n) is 3.30. The maximum atomic E-state index is 13.7. The average molecular weight is 466 g/mol. The number of phenolic OH excluding ortho intramolecular Hbond substituents is 1. The number of amides is 3. The van der Waals surface area contributed by atoms with Gasteiger partial charge >= 0.3 is 6.09 Å². The van der Waals surface area contributed by atoms with Crippen LogP contribution < -0.4 is 10.6 Å². The number of aliphatic hydroxyl groups excluding tert-OH is 1. The molecule has 0 aliphatic heterocycles. The molecule has 33 heavy (non-hydrogen) atoms. The number of rotatable bonds is 10. The van der Waals surface area contributed by atoms with E-state index in [1.807, 2.05) is 6.92 Å². The minimum atomic E-state index is -1.21. The summed E-state index contributed by atoms with van der Waals surface area (Å²) in [5, 5.41) is 25.6. The first kappa shape index (κ1) is 28.2. The van der Waals surface area contributed by atoms with Crippen molar-refractivity contribution in [3.05, 3.63) is 29.8 Å². The Morgan fingerprint density at radius 1 is 1.09 bits per heavy atom. The maximum Gasteiger partial charge on any atom is 0.408 e. The smallest absolute Gasteiger partial charge is 0.408 e. The number of hydrogen-bond donors (Lipinski definition) is 4. The van der Waals surface area contributed by atoms with Crippen LogP contribution in [-0.4, -0.2) is 63.9 Å². The molecule has 1 rings (SSSR count). The lowest BCUT2D eigenvalue weighted by molar-refractivity contribution is -0.144. The molecule has 0 radical (unpaired) electrons. The maximum absolute atomic E-state index is 13.7. The van der Waals surface area contributed by atoms with E-state index in [0.717, 1.165) is 0 Å². The largest absolute Gasteiger partial charge is 0.508 e. The normalized spacial score (nSPS) is 14.2. The van der Waals surface area contributed by atoms with Crippen LogP contribution >= 0.6 is 0 Å². The highest BCUT2D eigenvalue weighted by Crippen LogP contribution is 2.30. The SMILES string of the molecule is CCC(C)C(NC(=O)OC(C)(C)C)C(=O)N(CCO)C(C(=O)NC(C)C)c1ccccc1O. The molecular formula is C24H39N3O6. The predicted octanol–water partition coefficient (Wildman–Crippen LogP) is 2.72. The van der Waals surface area contributed by atoms with Gasteiger partial charge in [-0.15, -0.1) is 0 Å². The second kappa shape index (κ2) is 12.4. The van der Waals surface area contributed by atoms with E-state index >= 15 is 0 Å². The van der Waals surface area contributed by atoms with Gasteiger partial charge in [-0.3, -0.25) is 9.59 Å². The van der Waals surface area contributed by atoms with E-state index < -0.39 is 42.2 Å². The number of nitrogens with one attached hydrogen (secondary N) is 2. The van der Waals surface area contributed by atoms with E-state index in [-0.39, 0.29) is 29.8 Å². The number of aliphatic hydroxyl groups is 1. The molecule has 1 aromatic rings. The zero-order chi connectivity index (χ0) is 25.3. The predicted molar refractivity (Wildman–Crippen MR) is 126 cm³/mol. The van der Waals surface area contributed by atoms with E-state index in [1.54, 1.807) is 59.7 Å². The van der Waals surface area contributed by atoms with Gasteiger partial charge < -0.3 is 30.5 Å². The molecule has 9 heteroatoms. The summed E-state index contributed by atoms with van der Waals surface area (Å²) in [6.45, 7) is 11.8. The first-order valence-electron chi connectivity index (χ1n) is 11.3. The van der Waals surface area contributed by atoms with Gasteiger partial charge in [-0.2, -0.15) is 0 Å². The molecule has 0 aliphatic rings. The number of alkyl carbamates (subject to hydrolysis) is 1. The lowest BCUT2D eigenvalue weighted by atomic mass is 9.95. The highest BCUT2D eigenvalue weighted by molar-refractivity contribution is 5.92. The van der Waals surface area contributed by atoms with Crippen LogP contribution in [0.1, 0.15) is 66.5 Å². The van der Waals surface area contributed by atoms with Crippen LogP contribution in [0.4, 0.5) is 4.79 Å². The van der Waals surface area contributed by atoms with Gasteiger partial charge in [0.2, 0.25) is 11.8 Å². The molecule has 1 aromatic carbocycles. The first-order valence-corrected chi connectivity index (χ1v) is 11.3. The van der Waals surface area contributed by atoms with Crippen LogP contribution in [0.15, 0.2) is 24.3 Å². The molecule has 4 N–H and O–H groups in total. The fraction of sp³-hybridized carbons (Fsp3) is 0.625. The van der Waals surface area contributed by atoms with Gasteiger partial charge in [0.05, 0.1) is 6.61 Å². The van der Waals surface area contributed by atoms with Gasteiger partial charge in [0, 0.05) is 18.2 Å². The van der Waals surface area contributed by atoms with Crippen molar-refractivity contribution in [2.24, 2.45) is 5.92 Å². The van der Waals surface area contributed by atoms with Crippen LogP contribution in [0, 0.1) is 5.92 Å². The number of nitrogens with zero attached hydrogens (tertiary/aromatic N) is 1. The van der Waals surface area contributed by atoms with Gasteiger partial charge in [-0.25, -0.2) is 4.79 Å². The Hall–Kier alpha value is -2.81. The molecule has 3 amide bonds. The fourth-order valence-corrected chi connectivity index (χ4v) is 3.30. The summed E-state index contributed by atoms with van der Waals surface area (Å²) in [7, 11) is 0. The monoisotopic (exact) mass is 465 g/mol. The number of carbonyl (C=O) groups excluding carboxylic acids is 3. The summed E-state index contributed by atoms with van der Waals surface area (Å²) >= 11 is 0. The molecule has 0 bridgehead atoms. The van der Waals surface area contributed by atoms with Crippen LogP contribution in [0.25, 0.3) is 0 Å². The van der Waals surface area contributed by atoms with E-state index in [0.29, 0.717) is 6.42 Å².